The van der Waals surface area contributed by atoms with Gasteiger partial charge in [0.15, 0.2) is 11.5 Å². The summed E-state index contributed by atoms with van der Waals surface area (Å²) < 4.78 is 15.8. The highest BCUT2D eigenvalue weighted by atomic mass is 16.5. The van der Waals surface area contributed by atoms with E-state index in [0.717, 1.165) is 22.6 Å². The van der Waals surface area contributed by atoms with Crippen LogP contribution in [0.2, 0.25) is 0 Å². The quantitative estimate of drug-likeness (QED) is 0.569. The molecule has 3 aromatic carbocycles. The zero-order chi connectivity index (χ0) is 23.4. The zero-order valence-corrected chi connectivity index (χ0v) is 18.9. The molecule has 1 aliphatic heterocycles. The van der Waals surface area contributed by atoms with Crippen LogP contribution in [0, 0.1) is 0 Å². The Balaban J connectivity index is 1.45. The van der Waals surface area contributed by atoms with E-state index in [-0.39, 0.29) is 11.8 Å². The smallest absolute Gasteiger partial charge is 0.259 e. The predicted molar refractivity (Wildman–Crippen MR) is 126 cm³/mol. The predicted octanol–water partition coefficient (Wildman–Crippen LogP) is 3.85. The highest BCUT2D eigenvalue weighted by Gasteiger charge is 2.32. The third-order valence-corrected chi connectivity index (χ3v) is 5.71. The Kier molecular flexibility index (Phi) is 6.49. The summed E-state index contributed by atoms with van der Waals surface area (Å²) in [5, 5.41) is 2.94. The standard InChI is InChI=1S/C26H26N2O5/c1-31-20-10-8-19(9-11-20)28-16-18-5-4-6-21(24(18)26(28)30)25(29)27-14-13-17-7-12-22(32-2)23(15-17)33-3/h4-12,15H,13-14,16H2,1-3H3,(H,27,29). The summed E-state index contributed by atoms with van der Waals surface area (Å²) in [4.78, 5) is 27.8. The van der Waals surface area contributed by atoms with Gasteiger partial charge in [-0.25, -0.2) is 0 Å². The number of carbonyl (C=O) groups is 2. The van der Waals surface area contributed by atoms with Gasteiger partial charge in [0.1, 0.15) is 5.75 Å². The van der Waals surface area contributed by atoms with Gasteiger partial charge in [-0.3, -0.25) is 9.59 Å². The summed E-state index contributed by atoms with van der Waals surface area (Å²) in [5.41, 5.74) is 3.45. The number of benzene rings is 3. The minimum absolute atomic E-state index is 0.180. The van der Waals surface area contributed by atoms with Gasteiger partial charge in [-0.1, -0.05) is 18.2 Å². The van der Waals surface area contributed by atoms with E-state index in [0.29, 0.717) is 42.1 Å². The van der Waals surface area contributed by atoms with E-state index in [2.05, 4.69) is 5.32 Å². The van der Waals surface area contributed by atoms with Crippen molar-refractivity contribution >= 4 is 17.5 Å². The van der Waals surface area contributed by atoms with E-state index in [1.54, 1.807) is 32.3 Å². The lowest BCUT2D eigenvalue weighted by atomic mass is 10.0. The van der Waals surface area contributed by atoms with Crippen molar-refractivity contribution in [3.8, 4) is 17.2 Å². The first-order valence-electron chi connectivity index (χ1n) is 10.6. The van der Waals surface area contributed by atoms with Gasteiger partial charge in [0.2, 0.25) is 0 Å². The molecular weight excluding hydrogens is 420 g/mol. The number of ether oxygens (including phenoxy) is 3. The van der Waals surface area contributed by atoms with E-state index in [4.69, 9.17) is 14.2 Å². The fourth-order valence-electron chi connectivity index (χ4n) is 3.97. The number of anilines is 1. The maximum Gasteiger partial charge on any atom is 0.259 e. The van der Waals surface area contributed by atoms with E-state index in [1.807, 2.05) is 54.6 Å². The first-order valence-corrected chi connectivity index (χ1v) is 10.6. The van der Waals surface area contributed by atoms with Crippen LogP contribution >= 0.6 is 0 Å². The Morgan fingerprint density at radius 3 is 2.39 bits per heavy atom. The molecule has 33 heavy (non-hydrogen) atoms. The van der Waals surface area contributed by atoms with Gasteiger partial charge >= 0.3 is 0 Å². The second kappa shape index (κ2) is 9.65. The lowest BCUT2D eigenvalue weighted by Gasteiger charge is -2.16. The molecule has 0 bridgehead atoms. The van der Waals surface area contributed by atoms with Crippen molar-refractivity contribution in [2.45, 2.75) is 13.0 Å². The normalized spacial score (nSPS) is 12.3. The van der Waals surface area contributed by atoms with Crippen molar-refractivity contribution < 1.29 is 23.8 Å². The first kappa shape index (κ1) is 22.2. The van der Waals surface area contributed by atoms with Crippen LogP contribution in [0.3, 0.4) is 0 Å². The lowest BCUT2D eigenvalue weighted by molar-refractivity contribution is 0.0937. The van der Waals surface area contributed by atoms with Gasteiger partial charge in [-0.05, 0) is 60.0 Å². The average molecular weight is 447 g/mol. The molecule has 0 spiro atoms. The average Bonchev–Trinajstić information content (AvgIpc) is 3.20. The van der Waals surface area contributed by atoms with Gasteiger partial charge in [0.05, 0.1) is 39.0 Å². The SMILES string of the molecule is COc1ccc(N2Cc3cccc(C(=O)NCCc4ccc(OC)c(OC)c4)c3C2=O)cc1. The maximum absolute atomic E-state index is 13.2. The second-order valence-corrected chi connectivity index (χ2v) is 7.62. The molecule has 1 aliphatic rings. The summed E-state index contributed by atoms with van der Waals surface area (Å²) in [6, 6.07) is 18.4. The fourth-order valence-corrected chi connectivity index (χ4v) is 3.97. The molecule has 170 valence electrons. The monoisotopic (exact) mass is 446 g/mol. The van der Waals surface area contributed by atoms with Crippen LogP contribution < -0.4 is 24.4 Å². The first-order chi connectivity index (χ1) is 16.0. The number of nitrogens with one attached hydrogen (secondary N) is 1. The molecule has 0 unspecified atom stereocenters. The van der Waals surface area contributed by atoms with Crippen molar-refractivity contribution in [3.63, 3.8) is 0 Å². The molecule has 1 heterocycles. The Labute approximate surface area is 192 Å². The number of amides is 2. The van der Waals surface area contributed by atoms with Crippen molar-refractivity contribution in [1.82, 2.24) is 5.32 Å². The molecule has 0 radical (unpaired) electrons. The van der Waals surface area contributed by atoms with Gasteiger partial charge < -0.3 is 24.4 Å². The summed E-state index contributed by atoms with van der Waals surface area (Å²) in [6.07, 6.45) is 0.618. The molecule has 0 aliphatic carbocycles. The number of rotatable bonds is 8. The molecule has 4 rings (SSSR count). The molecule has 7 nitrogen and oxygen atoms in total. The van der Waals surface area contributed by atoms with Gasteiger partial charge in [0, 0.05) is 12.2 Å². The summed E-state index contributed by atoms with van der Waals surface area (Å²) in [6.45, 7) is 0.849. The third kappa shape index (κ3) is 4.48. The molecule has 0 saturated heterocycles. The van der Waals surface area contributed by atoms with Crippen LogP contribution in [0.4, 0.5) is 5.69 Å². The third-order valence-electron chi connectivity index (χ3n) is 5.71. The van der Waals surface area contributed by atoms with Gasteiger partial charge in [-0.15, -0.1) is 0 Å². The molecule has 3 aromatic rings. The number of fused-ring (bicyclic) bond motifs is 1. The highest BCUT2D eigenvalue weighted by molar-refractivity contribution is 6.16. The molecule has 0 saturated carbocycles. The van der Waals surface area contributed by atoms with Crippen LogP contribution in [0.25, 0.3) is 0 Å². The molecule has 0 aromatic heterocycles. The number of nitrogens with zero attached hydrogens (tertiary/aromatic N) is 1. The van der Waals surface area contributed by atoms with Crippen LogP contribution in [0.1, 0.15) is 31.8 Å². The van der Waals surface area contributed by atoms with Crippen molar-refractivity contribution in [2.75, 3.05) is 32.8 Å². The Hall–Kier alpha value is -4.00. The molecular formula is C26H26N2O5. The van der Waals surface area contributed by atoms with Crippen molar-refractivity contribution in [2.24, 2.45) is 0 Å². The number of carbonyl (C=O) groups excluding carboxylic acids is 2. The minimum atomic E-state index is -0.266. The van der Waals surface area contributed by atoms with Crippen LogP contribution in [-0.2, 0) is 13.0 Å². The number of hydrogen-bond acceptors (Lipinski definition) is 5. The van der Waals surface area contributed by atoms with E-state index < -0.39 is 0 Å². The maximum atomic E-state index is 13.2. The van der Waals surface area contributed by atoms with Crippen LogP contribution in [-0.4, -0.2) is 39.7 Å². The van der Waals surface area contributed by atoms with Crippen LogP contribution in [0.15, 0.2) is 60.7 Å². The van der Waals surface area contributed by atoms with Crippen LogP contribution in [0.5, 0.6) is 17.2 Å². The summed E-state index contributed by atoms with van der Waals surface area (Å²) in [7, 11) is 4.78. The highest BCUT2D eigenvalue weighted by Crippen LogP contribution is 2.31. The largest absolute Gasteiger partial charge is 0.497 e. The van der Waals surface area contributed by atoms with Crippen molar-refractivity contribution in [3.05, 3.63) is 82.9 Å². The zero-order valence-electron chi connectivity index (χ0n) is 18.9. The Morgan fingerprint density at radius 2 is 1.70 bits per heavy atom. The molecule has 2 amide bonds. The lowest BCUT2D eigenvalue weighted by Crippen LogP contribution is -2.29. The molecule has 0 fully saturated rings. The molecule has 7 heteroatoms. The molecule has 0 atom stereocenters. The van der Waals surface area contributed by atoms with E-state index in [1.165, 1.54) is 0 Å². The van der Waals surface area contributed by atoms with E-state index >= 15 is 0 Å². The Bertz CT molecular complexity index is 1170. The van der Waals surface area contributed by atoms with Gasteiger partial charge in [0.25, 0.3) is 11.8 Å². The van der Waals surface area contributed by atoms with Crippen molar-refractivity contribution in [1.29, 1.82) is 0 Å². The van der Waals surface area contributed by atoms with E-state index in [9.17, 15) is 9.59 Å². The molecule has 1 N–H and O–H groups in total. The summed E-state index contributed by atoms with van der Waals surface area (Å²) >= 11 is 0. The second-order valence-electron chi connectivity index (χ2n) is 7.62. The summed E-state index contributed by atoms with van der Waals surface area (Å²) in [5.74, 6) is 1.58. The van der Waals surface area contributed by atoms with Gasteiger partial charge in [-0.2, -0.15) is 0 Å². The topological polar surface area (TPSA) is 77.1 Å². The Morgan fingerprint density at radius 1 is 0.939 bits per heavy atom. The minimum Gasteiger partial charge on any atom is -0.497 e. The number of methoxy groups -OCH3 is 3. The number of hydrogen-bond donors (Lipinski definition) is 1. The fraction of sp³-hybridized carbons (Fsp3) is 0.231.